The Morgan fingerprint density at radius 1 is 1.03 bits per heavy atom. The summed E-state index contributed by atoms with van der Waals surface area (Å²) in [5.74, 6) is -0.154. The molecular formula is C29H33N3O5. The van der Waals surface area contributed by atoms with E-state index in [-0.39, 0.29) is 17.4 Å². The van der Waals surface area contributed by atoms with Crippen LogP contribution in [-0.4, -0.2) is 50.5 Å². The van der Waals surface area contributed by atoms with Crippen molar-refractivity contribution in [1.29, 1.82) is 0 Å². The first-order valence-electron chi connectivity index (χ1n) is 12.6. The monoisotopic (exact) mass is 503 g/mol. The molecule has 1 amide bonds. The highest BCUT2D eigenvalue weighted by molar-refractivity contribution is 6.46. The molecule has 1 fully saturated rings. The Morgan fingerprint density at radius 2 is 1.73 bits per heavy atom. The number of ether oxygens (including phenoxy) is 2. The van der Waals surface area contributed by atoms with E-state index in [1.54, 1.807) is 41.7 Å². The quantitative estimate of drug-likeness (QED) is 0.226. The topological polar surface area (TPSA) is 93.9 Å². The van der Waals surface area contributed by atoms with Crippen molar-refractivity contribution in [2.45, 2.75) is 52.3 Å². The number of rotatable bonds is 11. The highest BCUT2D eigenvalue weighted by Crippen LogP contribution is 2.40. The van der Waals surface area contributed by atoms with Gasteiger partial charge in [0, 0.05) is 31.0 Å². The number of amides is 1. The zero-order valence-corrected chi connectivity index (χ0v) is 21.5. The Bertz CT molecular complexity index is 1230. The van der Waals surface area contributed by atoms with E-state index < -0.39 is 17.7 Å². The van der Waals surface area contributed by atoms with E-state index in [0.29, 0.717) is 43.2 Å². The molecule has 1 saturated heterocycles. The summed E-state index contributed by atoms with van der Waals surface area (Å²) >= 11 is 0. The molecule has 0 aliphatic carbocycles. The van der Waals surface area contributed by atoms with Gasteiger partial charge < -0.3 is 24.0 Å². The fraction of sp³-hybridized carbons (Fsp3) is 0.345. The van der Waals surface area contributed by atoms with Crippen LogP contribution in [0.4, 0.5) is 0 Å². The number of Topliss-reactive ketones (excluding diaryl/α,β-unsaturated/α-hetero) is 1. The molecule has 4 rings (SSSR count). The Kier molecular flexibility index (Phi) is 8.28. The molecule has 1 N–H and O–H groups in total. The standard InChI is InChI=1S/C29H33N3O5/c1-4-18-36-23-10-6-21(7-11-23)26-25(27(33)22-8-12-24(13-9-22)37-20(2)3)28(34)29(35)32(26)16-5-15-31-17-14-30-19-31/h6-14,17,19-20,26,33H,4-5,15-16,18H2,1-3H3/b27-25+/t26-/m1/s1. The number of carbonyl (C=O) groups is 2. The van der Waals surface area contributed by atoms with Gasteiger partial charge in [0.25, 0.3) is 11.7 Å². The van der Waals surface area contributed by atoms with E-state index in [0.717, 1.165) is 12.0 Å². The van der Waals surface area contributed by atoms with Crippen molar-refractivity contribution >= 4 is 17.4 Å². The van der Waals surface area contributed by atoms with Crippen LogP contribution < -0.4 is 9.47 Å². The fourth-order valence-electron chi connectivity index (χ4n) is 4.39. The maximum atomic E-state index is 13.3. The van der Waals surface area contributed by atoms with E-state index in [2.05, 4.69) is 4.98 Å². The first kappa shape index (κ1) is 26.0. The number of benzene rings is 2. The van der Waals surface area contributed by atoms with Gasteiger partial charge in [0.1, 0.15) is 17.3 Å². The first-order chi connectivity index (χ1) is 17.9. The van der Waals surface area contributed by atoms with Gasteiger partial charge in [-0.05, 0) is 68.7 Å². The molecule has 8 nitrogen and oxygen atoms in total. The van der Waals surface area contributed by atoms with Crippen LogP contribution >= 0.6 is 0 Å². The minimum absolute atomic E-state index is 0.0105. The van der Waals surface area contributed by atoms with Gasteiger partial charge >= 0.3 is 0 Å². The molecular weight excluding hydrogens is 470 g/mol. The minimum Gasteiger partial charge on any atom is -0.507 e. The molecule has 2 aromatic carbocycles. The molecule has 1 aliphatic rings. The van der Waals surface area contributed by atoms with Crippen molar-refractivity contribution in [3.8, 4) is 11.5 Å². The van der Waals surface area contributed by atoms with Crippen LogP contribution in [0, 0.1) is 0 Å². The highest BCUT2D eigenvalue weighted by atomic mass is 16.5. The summed E-state index contributed by atoms with van der Waals surface area (Å²) in [6.45, 7) is 7.49. The number of carbonyl (C=O) groups excluding carboxylic acids is 2. The van der Waals surface area contributed by atoms with E-state index in [1.807, 2.05) is 55.8 Å². The summed E-state index contributed by atoms with van der Waals surface area (Å²) in [4.78, 5) is 32.0. The number of hydrogen-bond acceptors (Lipinski definition) is 6. The van der Waals surface area contributed by atoms with Gasteiger partial charge in [-0.3, -0.25) is 9.59 Å². The average molecular weight is 504 g/mol. The summed E-state index contributed by atoms with van der Waals surface area (Å²) in [5.41, 5.74) is 1.25. The predicted octanol–water partition coefficient (Wildman–Crippen LogP) is 4.97. The summed E-state index contributed by atoms with van der Waals surface area (Å²) < 4.78 is 13.3. The van der Waals surface area contributed by atoms with Crippen LogP contribution in [0.1, 0.15) is 50.8 Å². The molecule has 1 aliphatic heterocycles. The predicted molar refractivity (Wildman–Crippen MR) is 140 cm³/mol. The van der Waals surface area contributed by atoms with Gasteiger partial charge in [0.2, 0.25) is 0 Å². The van der Waals surface area contributed by atoms with Crippen LogP contribution in [0.5, 0.6) is 11.5 Å². The van der Waals surface area contributed by atoms with Gasteiger partial charge in [0.15, 0.2) is 0 Å². The maximum absolute atomic E-state index is 13.3. The van der Waals surface area contributed by atoms with Crippen LogP contribution in [0.25, 0.3) is 5.76 Å². The molecule has 0 saturated carbocycles. The molecule has 0 unspecified atom stereocenters. The maximum Gasteiger partial charge on any atom is 0.295 e. The Balaban J connectivity index is 1.68. The lowest BCUT2D eigenvalue weighted by Crippen LogP contribution is -2.31. The Labute approximate surface area is 217 Å². The van der Waals surface area contributed by atoms with Crippen molar-refractivity contribution in [1.82, 2.24) is 14.5 Å². The number of hydrogen-bond donors (Lipinski definition) is 1. The van der Waals surface area contributed by atoms with Gasteiger partial charge in [-0.25, -0.2) is 4.98 Å². The molecule has 1 aromatic heterocycles. The molecule has 1 atom stereocenters. The zero-order chi connectivity index (χ0) is 26.4. The van der Waals surface area contributed by atoms with Gasteiger partial charge in [-0.15, -0.1) is 0 Å². The van der Waals surface area contributed by atoms with E-state index in [1.165, 1.54) is 0 Å². The normalized spacial score (nSPS) is 17.0. The second-order valence-electron chi connectivity index (χ2n) is 9.26. The molecule has 2 heterocycles. The number of aliphatic hydroxyl groups excluding tert-OH is 1. The smallest absolute Gasteiger partial charge is 0.295 e. The van der Waals surface area contributed by atoms with Crippen LogP contribution in [0.2, 0.25) is 0 Å². The van der Waals surface area contributed by atoms with Gasteiger partial charge in [-0.2, -0.15) is 0 Å². The van der Waals surface area contributed by atoms with Crippen LogP contribution in [0.15, 0.2) is 72.8 Å². The van der Waals surface area contributed by atoms with Gasteiger partial charge in [-0.1, -0.05) is 19.1 Å². The Hall–Kier alpha value is -4.07. The fourth-order valence-corrected chi connectivity index (χ4v) is 4.39. The third-order valence-electron chi connectivity index (χ3n) is 6.08. The third-order valence-corrected chi connectivity index (χ3v) is 6.08. The Morgan fingerprint density at radius 3 is 2.35 bits per heavy atom. The van der Waals surface area contributed by atoms with Crippen molar-refractivity contribution in [3.63, 3.8) is 0 Å². The number of aryl methyl sites for hydroxylation is 1. The van der Waals surface area contributed by atoms with Crippen molar-refractivity contribution in [2.24, 2.45) is 0 Å². The molecule has 0 radical (unpaired) electrons. The number of aliphatic hydroxyl groups is 1. The number of likely N-dealkylation sites (tertiary alicyclic amines) is 1. The number of aromatic nitrogens is 2. The molecule has 3 aromatic rings. The van der Waals surface area contributed by atoms with Crippen LogP contribution in [0.3, 0.4) is 0 Å². The van der Waals surface area contributed by atoms with E-state index in [4.69, 9.17) is 9.47 Å². The second-order valence-corrected chi connectivity index (χ2v) is 9.26. The van der Waals surface area contributed by atoms with Crippen molar-refractivity contribution in [3.05, 3.63) is 84.0 Å². The van der Waals surface area contributed by atoms with E-state index in [9.17, 15) is 14.7 Å². The lowest BCUT2D eigenvalue weighted by atomic mass is 9.95. The van der Waals surface area contributed by atoms with Crippen molar-refractivity contribution in [2.75, 3.05) is 13.2 Å². The van der Waals surface area contributed by atoms with Crippen molar-refractivity contribution < 1.29 is 24.2 Å². The molecule has 0 bridgehead atoms. The molecule has 194 valence electrons. The molecule has 37 heavy (non-hydrogen) atoms. The van der Waals surface area contributed by atoms with E-state index >= 15 is 0 Å². The number of nitrogens with zero attached hydrogens (tertiary/aromatic N) is 3. The summed E-state index contributed by atoms with van der Waals surface area (Å²) in [6.07, 6.45) is 6.79. The number of imidazole rings is 1. The SMILES string of the molecule is CCCOc1ccc([C@@H]2/C(=C(\O)c3ccc(OC(C)C)cc3)C(=O)C(=O)N2CCCn2ccnc2)cc1. The summed E-state index contributed by atoms with van der Waals surface area (Å²) in [7, 11) is 0. The lowest BCUT2D eigenvalue weighted by Gasteiger charge is -2.25. The summed E-state index contributed by atoms with van der Waals surface area (Å²) in [5, 5.41) is 11.3. The lowest BCUT2D eigenvalue weighted by molar-refractivity contribution is -0.139. The third kappa shape index (κ3) is 6.02. The highest BCUT2D eigenvalue weighted by Gasteiger charge is 2.45. The van der Waals surface area contributed by atoms with Crippen LogP contribution in [-0.2, 0) is 16.1 Å². The first-order valence-corrected chi connectivity index (χ1v) is 12.6. The summed E-state index contributed by atoms with van der Waals surface area (Å²) in [6, 6.07) is 13.5. The minimum atomic E-state index is -0.713. The number of ketones is 1. The second kappa shape index (κ2) is 11.8. The largest absolute Gasteiger partial charge is 0.507 e. The average Bonchev–Trinajstić information content (AvgIpc) is 3.50. The molecule has 0 spiro atoms. The molecule has 8 heteroatoms. The van der Waals surface area contributed by atoms with Gasteiger partial charge in [0.05, 0.1) is 30.7 Å². The zero-order valence-electron chi connectivity index (χ0n) is 21.5.